The fourth-order valence-corrected chi connectivity index (χ4v) is 5.65. The Bertz CT molecular complexity index is 1390. The smallest absolute Gasteiger partial charge is 0.338 e. The predicted molar refractivity (Wildman–Crippen MR) is 153 cm³/mol. The highest BCUT2D eigenvalue weighted by Crippen LogP contribution is 2.43. The standard InChI is InChI=1S/C27H28BrClN4O4S/c1-6-11-36-25(34)22-16(4)30-26-31-27(38-14-17-9-7-8-10-20(17)29)32-33(26)23(22)18-12-19(28)24(37-15(2)3)21(13-18)35-5/h6-10,12-13,15,23H,1,11,14H2,2-5H3,(H,30,31,32). The van der Waals surface area contributed by atoms with Crippen LogP contribution in [-0.2, 0) is 15.3 Å². The number of rotatable bonds is 10. The summed E-state index contributed by atoms with van der Waals surface area (Å²) in [6.07, 6.45) is 1.47. The molecule has 1 atom stereocenters. The van der Waals surface area contributed by atoms with Gasteiger partial charge in [0.15, 0.2) is 11.5 Å². The van der Waals surface area contributed by atoms with Gasteiger partial charge in [-0.25, -0.2) is 9.48 Å². The summed E-state index contributed by atoms with van der Waals surface area (Å²) in [6, 6.07) is 10.8. The first-order valence-corrected chi connectivity index (χ1v) is 14.0. The van der Waals surface area contributed by atoms with Crippen molar-refractivity contribution in [3.63, 3.8) is 0 Å². The van der Waals surface area contributed by atoms with Gasteiger partial charge in [0.05, 0.1) is 23.3 Å². The van der Waals surface area contributed by atoms with Crippen LogP contribution in [0.1, 0.15) is 37.9 Å². The summed E-state index contributed by atoms with van der Waals surface area (Å²) >= 11 is 11.4. The molecule has 8 nitrogen and oxygen atoms in total. The van der Waals surface area contributed by atoms with Crippen molar-refractivity contribution in [1.29, 1.82) is 0 Å². The molecule has 3 aromatic rings. The lowest BCUT2D eigenvalue weighted by Crippen LogP contribution is -2.29. The number of fused-ring (bicyclic) bond motifs is 1. The van der Waals surface area contributed by atoms with E-state index in [9.17, 15) is 4.79 Å². The number of esters is 1. The third-order valence-corrected chi connectivity index (χ3v) is 7.47. The van der Waals surface area contributed by atoms with Crippen LogP contribution >= 0.6 is 39.3 Å². The molecule has 11 heteroatoms. The van der Waals surface area contributed by atoms with E-state index in [1.165, 1.54) is 17.8 Å². The summed E-state index contributed by atoms with van der Waals surface area (Å²) in [5.41, 5.74) is 2.74. The Morgan fingerprint density at radius 3 is 2.79 bits per heavy atom. The number of hydrogen-bond donors (Lipinski definition) is 1. The van der Waals surface area contributed by atoms with E-state index < -0.39 is 12.0 Å². The topological polar surface area (TPSA) is 87.5 Å². The summed E-state index contributed by atoms with van der Waals surface area (Å²) in [5.74, 6) is 1.71. The summed E-state index contributed by atoms with van der Waals surface area (Å²) < 4.78 is 19.5. The second-order valence-corrected chi connectivity index (χ2v) is 10.9. The average Bonchev–Trinajstić information content (AvgIpc) is 3.29. The maximum absolute atomic E-state index is 13.3. The molecule has 0 bridgehead atoms. The normalized spacial score (nSPS) is 14.7. The van der Waals surface area contributed by atoms with Gasteiger partial charge in [0.2, 0.25) is 11.1 Å². The zero-order valence-electron chi connectivity index (χ0n) is 21.5. The van der Waals surface area contributed by atoms with Crippen molar-refractivity contribution >= 4 is 51.2 Å². The average molecular weight is 620 g/mol. The quantitative estimate of drug-likeness (QED) is 0.151. The third kappa shape index (κ3) is 6.03. The summed E-state index contributed by atoms with van der Waals surface area (Å²) in [6.45, 7) is 9.43. The van der Waals surface area contributed by atoms with Crippen LogP contribution in [-0.4, -0.2) is 40.6 Å². The molecular formula is C27H28BrClN4O4S. The maximum Gasteiger partial charge on any atom is 0.338 e. The zero-order chi connectivity index (χ0) is 27.4. The molecule has 0 aliphatic carbocycles. The van der Waals surface area contributed by atoms with Crippen molar-refractivity contribution < 1.29 is 19.0 Å². The van der Waals surface area contributed by atoms with E-state index in [-0.39, 0.29) is 12.7 Å². The van der Waals surface area contributed by atoms with Crippen molar-refractivity contribution in [3.8, 4) is 11.5 Å². The highest BCUT2D eigenvalue weighted by Gasteiger charge is 2.36. The lowest BCUT2D eigenvalue weighted by Gasteiger charge is -2.29. The molecule has 4 rings (SSSR count). The van der Waals surface area contributed by atoms with Gasteiger partial charge in [0.1, 0.15) is 12.6 Å². The minimum Gasteiger partial charge on any atom is -0.493 e. The number of nitrogens with zero attached hydrogens (tertiary/aromatic N) is 3. The van der Waals surface area contributed by atoms with E-state index in [1.54, 1.807) is 11.8 Å². The predicted octanol–water partition coefficient (Wildman–Crippen LogP) is 6.80. The molecule has 1 unspecified atom stereocenters. The number of allylic oxidation sites excluding steroid dienone is 1. The van der Waals surface area contributed by atoms with Crippen LogP contribution in [0.15, 0.2) is 70.0 Å². The highest BCUT2D eigenvalue weighted by molar-refractivity contribution is 9.10. The lowest BCUT2D eigenvalue weighted by molar-refractivity contribution is -0.138. The molecule has 0 saturated heterocycles. The van der Waals surface area contributed by atoms with E-state index in [0.29, 0.717) is 49.1 Å². The molecule has 0 fully saturated rings. The Labute approximate surface area is 239 Å². The van der Waals surface area contributed by atoms with Gasteiger partial charge in [0.25, 0.3) is 0 Å². The number of halogens is 2. The van der Waals surface area contributed by atoms with E-state index >= 15 is 0 Å². The summed E-state index contributed by atoms with van der Waals surface area (Å²) in [4.78, 5) is 17.9. The van der Waals surface area contributed by atoms with Crippen LogP contribution in [0.25, 0.3) is 0 Å². The molecule has 1 aromatic heterocycles. The largest absolute Gasteiger partial charge is 0.493 e. The molecule has 1 N–H and O–H groups in total. The molecule has 2 heterocycles. The molecular weight excluding hydrogens is 592 g/mol. The van der Waals surface area contributed by atoms with Gasteiger partial charge in [0, 0.05) is 16.5 Å². The highest BCUT2D eigenvalue weighted by atomic mass is 79.9. The van der Waals surface area contributed by atoms with Gasteiger partial charge in [-0.15, -0.1) is 5.10 Å². The number of methoxy groups -OCH3 is 1. The Morgan fingerprint density at radius 2 is 2.11 bits per heavy atom. The minimum atomic E-state index is -0.635. The maximum atomic E-state index is 13.3. The Morgan fingerprint density at radius 1 is 1.34 bits per heavy atom. The fourth-order valence-electron chi connectivity index (χ4n) is 3.98. The molecule has 0 spiro atoms. The van der Waals surface area contributed by atoms with Crippen molar-refractivity contribution in [2.75, 3.05) is 19.0 Å². The molecule has 200 valence electrons. The minimum absolute atomic E-state index is 0.0591. The molecule has 1 aliphatic heterocycles. The fraction of sp³-hybridized carbons (Fsp3) is 0.296. The monoisotopic (exact) mass is 618 g/mol. The van der Waals surface area contributed by atoms with Crippen LogP contribution in [0.3, 0.4) is 0 Å². The number of carbonyl (C=O) groups is 1. The zero-order valence-corrected chi connectivity index (χ0v) is 24.6. The second-order valence-electron chi connectivity index (χ2n) is 8.70. The molecule has 0 amide bonds. The van der Waals surface area contributed by atoms with E-state index in [0.717, 1.165) is 11.1 Å². The van der Waals surface area contributed by atoms with Crippen LogP contribution in [0.5, 0.6) is 11.5 Å². The Balaban J connectivity index is 1.78. The van der Waals surface area contributed by atoms with Gasteiger partial charge in [-0.2, -0.15) is 4.98 Å². The first-order chi connectivity index (χ1) is 18.2. The number of hydrogen-bond acceptors (Lipinski definition) is 8. The third-order valence-electron chi connectivity index (χ3n) is 5.62. The number of thioether (sulfide) groups is 1. The number of ether oxygens (including phenoxy) is 3. The summed E-state index contributed by atoms with van der Waals surface area (Å²) in [7, 11) is 1.58. The van der Waals surface area contributed by atoms with Gasteiger partial charge >= 0.3 is 5.97 Å². The molecule has 38 heavy (non-hydrogen) atoms. The second kappa shape index (κ2) is 12.3. The molecule has 0 radical (unpaired) electrons. The van der Waals surface area contributed by atoms with Crippen LogP contribution in [0, 0.1) is 0 Å². The van der Waals surface area contributed by atoms with Crippen molar-refractivity contribution in [3.05, 3.63) is 80.9 Å². The van der Waals surface area contributed by atoms with Crippen LogP contribution in [0.2, 0.25) is 5.02 Å². The van der Waals surface area contributed by atoms with Crippen molar-refractivity contribution in [2.45, 2.75) is 43.8 Å². The number of benzene rings is 2. The first-order valence-electron chi connectivity index (χ1n) is 11.9. The lowest BCUT2D eigenvalue weighted by atomic mass is 9.95. The van der Waals surface area contributed by atoms with Gasteiger partial charge in [-0.1, -0.05) is 54.2 Å². The van der Waals surface area contributed by atoms with Crippen LogP contribution < -0.4 is 14.8 Å². The molecule has 2 aromatic carbocycles. The first kappa shape index (κ1) is 28.1. The number of nitrogens with one attached hydrogen (secondary N) is 1. The van der Waals surface area contributed by atoms with E-state index in [2.05, 4.69) is 27.8 Å². The SMILES string of the molecule is C=CCOC(=O)C1=C(C)Nc2nc(SCc3ccccc3Cl)nn2C1c1cc(Br)c(OC(C)C)c(OC)c1. The molecule has 0 saturated carbocycles. The Kier molecular flexibility index (Phi) is 9.07. The van der Waals surface area contributed by atoms with Gasteiger partial charge in [-0.3, -0.25) is 0 Å². The van der Waals surface area contributed by atoms with Crippen molar-refractivity contribution in [2.24, 2.45) is 0 Å². The Hall–Kier alpha value is -2.95. The van der Waals surface area contributed by atoms with E-state index in [4.69, 9.17) is 35.9 Å². The van der Waals surface area contributed by atoms with E-state index in [1.807, 2.05) is 57.2 Å². The van der Waals surface area contributed by atoms with Gasteiger partial charge < -0.3 is 19.5 Å². The van der Waals surface area contributed by atoms with Gasteiger partial charge in [-0.05, 0) is 66.0 Å². The number of anilines is 1. The number of aromatic nitrogens is 3. The van der Waals surface area contributed by atoms with Crippen LogP contribution in [0.4, 0.5) is 5.95 Å². The number of carbonyl (C=O) groups excluding carboxylic acids is 1. The molecule has 1 aliphatic rings. The summed E-state index contributed by atoms with van der Waals surface area (Å²) in [5, 5.41) is 9.21. The van der Waals surface area contributed by atoms with Crippen molar-refractivity contribution in [1.82, 2.24) is 14.8 Å².